The number of hydrogen-bond donors (Lipinski definition) is 1. The summed E-state index contributed by atoms with van der Waals surface area (Å²) in [4.78, 5) is 2.45. The Hall–Kier alpha value is -0.540. The molecule has 1 atom stereocenters. The van der Waals surface area contributed by atoms with E-state index < -0.39 is 0 Å². The lowest BCUT2D eigenvalue weighted by molar-refractivity contribution is 0.121. The van der Waals surface area contributed by atoms with Crippen LogP contribution in [-0.2, 0) is 4.74 Å². The molecule has 0 aromatic carbocycles. The van der Waals surface area contributed by atoms with Gasteiger partial charge in [-0.05, 0) is 38.8 Å². The molecule has 0 radical (unpaired) electrons. The van der Waals surface area contributed by atoms with Gasteiger partial charge in [0, 0.05) is 25.7 Å². The second-order valence-corrected chi connectivity index (χ2v) is 4.62. The summed E-state index contributed by atoms with van der Waals surface area (Å²) in [5.41, 5.74) is 0. The van der Waals surface area contributed by atoms with E-state index >= 15 is 0 Å². The van der Waals surface area contributed by atoms with E-state index in [0.717, 1.165) is 38.5 Å². The molecular weight excluding hydrogens is 188 g/mol. The van der Waals surface area contributed by atoms with Crippen molar-refractivity contribution < 1.29 is 4.74 Å². The van der Waals surface area contributed by atoms with Gasteiger partial charge in [0.15, 0.2) is 0 Å². The first-order chi connectivity index (χ1) is 7.36. The van der Waals surface area contributed by atoms with Gasteiger partial charge in [0.05, 0.1) is 6.26 Å². The maximum absolute atomic E-state index is 5.49. The molecule has 0 spiro atoms. The lowest BCUT2D eigenvalue weighted by Gasteiger charge is -2.21. The fourth-order valence-corrected chi connectivity index (χ4v) is 1.95. The lowest BCUT2D eigenvalue weighted by Crippen LogP contribution is -2.35. The number of ether oxygens (including phenoxy) is 1. The molecule has 0 aromatic heterocycles. The van der Waals surface area contributed by atoms with Crippen LogP contribution in [0.1, 0.15) is 25.7 Å². The third-order valence-electron chi connectivity index (χ3n) is 3.21. The van der Waals surface area contributed by atoms with Crippen LogP contribution < -0.4 is 5.32 Å². The van der Waals surface area contributed by atoms with Crippen LogP contribution in [0.2, 0.25) is 0 Å². The van der Waals surface area contributed by atoms with Crippen molar-refractivity contribution >= 4 is 0 Å². The summed E-state index contributed by atoms with van der Waals surface area (Å²) < 4.78 is 5.49. The van der Waals surface area contributed by atoms with Crippen molar-refractivity contribution in [3.05, 3.63) is 12.3 Å². The second-order valence-electron chi connectivity index (χ2n) is 4.62. The minimum Gasteiger partial charge on any atom is -0.497 e. The van der Waals surface area contributed by atoms with Crippen molar-refractivity contribution in [1.29, 1.82) is 0 Å². The van der Waals surface area contributed by atoms with Gasteiger partial charge in [0.2, 0.25) is 0 Å². The first kappa shape index (κ1) is 11.0. The normalized spacial score (nSPS) is 25.6. The average Bonchev–Trinajstić information content (AvgIpc) is 3.09. The highest BCUT2D eigenvalue weighted by Crippen LogP contribution is 2.24. The molecule has 1 fully saturated rings. The van der Waals surface area contributed by atoms with Crippen molar-refractivity contribution in [1.82, 2.24) is 10.2 Å². The summed E-state index contributed by atoms with van der Waals surface area (Å²) in [6, 6.07) is 0.876. The summed E-state index contributed by atoms with van der Waals surface area (Å²) >= 11 is 0. The van der Waals surface area contributed by atoms with Crippen LogP contribution in [0.4, 0.5) is 0 Å². The van der Waals surface area contributed by atoms with Crippen LogP contribution >= 0.6 is 0 Å². The Kier molecular flexibility index (Phi) is 4.03. The standard InChI is InChI=1S/C12H22N2O/c1-14(11-5-6-11)8-7-13-10-12-4-2-3-9-15-12/h3,9,11-13H,2,4-8,10H2,1H3. The predicted octanol–water partition coefficient (Wildman–Crippen LogP) is 1.36. The molecule has 0 amide bonds. The summed E-state index contributed by atoms with van der Waals surface area (Å²) in [5, 5.41) is 3.47. The molecule has 1 unspecified atom stereocenters. The molecule has 1 saturated carbocycles. The van der Waals surface area contributed by atoms with E-state index in [0.29, 0.717) is 6.10 Å². The average molecular weight is 210 g/mol. The zero-order chi connectivity index (χ0) is 10.5. The largest absolute Gasteiger partial charge is 0.497 e. The number of rotatable bonds is 6. The highest BCUT2D eigenvalue weighted by Gasteiger charge is 2.25. The Morgan fingerprint density at radius 2 is 2.27 bits per heavy atom. The molecule has 0 saturated heterocycles. The van der Waals surface area contributed by atoms with Gasteiger partial charge in [-0.2, -0.15) is 0 Å². The van der Waals surface area contributed by atoms with Crippen LogP contribution in [0, 0.1) is 0 Å². The van der Waals surface area contributed by atoms with E-state index in [-0.39, 0.29) is 0 Å². The van der Waals surface area contributed by atoms with Gasteiger partial charge in [0.25, 0.3) is 0 Å². The Labute approximate surface area is 92.5 Å². The Morgan fingerprint density at radius 1 is 1.40 bits per heavy atom. The molecule has 1 heterocycles. The zero-order valence-electron chi connectivity index (χ0n) is 9.61. The summed E-state index contributed by atoms with van der Waals surface area (Å²) in [7, 11) is 2.22. The SMILES string of the molecule is CN(CCNCC1CCC=CO1)C1CC1. The minimum atomic E-state index is 0.390. The Balaban J connectivity index is 1.48. The number of nitrogens with zero attached hydrogens (tertiary/aromatic N) is 1. The highest BCUT2D eigenvalue weighted by atomic mass is 16.5. The summed E-state index contributed by atoms with van der Waals surface area (Å²) in [6.45, 7) is 3.23. The van der Waals surface area contributed by atoms with E-state index in [1.54, 1.807) is 0 Å². The molecule has 86 valence electrons. The van der Waals surface area contributed by atoms with Gasteiger partial charge in [-0.25, -0.2) is 0 Å². The third kappa shape index (κ3) is 3.84. The molecule has 0 aromatic rings. The second kappa shape index (κ2) is 5.52. The fourth-order valence-electron chi connectivity index (χ4n) is 1.95. The number of hydrogen-bond acceptors (Lipinski definition) is 3. The van der Waals surface area contributed by atoms with Gasteiger partial charge in [-0.1, -0.05) is 0 Å². The quantitative estimate of drug-likeness (QED) is 0.670. The van der Waals surface area contributed by atoms with Gasteiger partial charge in [-0.15, -0.1) is 0 Å². The maximum Gasteiger partial charge on any atom is 0.110 e. The molecule has 0 bridgehead atoms. The molecule has 1 aliphatic carbocycles. The van der Waals surface area contributed by atoms with Crippen LogP contribution in [0.25, 0.3) is 0 Å². The number of allylic oxidation sites excluding steroid dienone is 1. The van der Waals surface area contributed by atoms with Crippen molar-refractivity contribution in [2.24, 2.45) is 0 Å². The van der Waals surface area contributed by atoms with E-state index in [9.17, 15) is 0 Å². The van der Waals surface area contributed by atoms with Crippen molar-refractivity contribution in [2.45, 2.75) is 37.8 Å². The third-order valence-corrected chi connectivity index (χ3v) is 3.21. The fraction of sp³-hybridized carbons (Fsp3) is 0.833. The highest BCUT2D eigenvalue weighted by molar-refractivity contribution is 4.84. The molecular formula is C12H22N2O. The van der Waals surface area contributed by atoms with Crippen LogP contribution in [0.3, 0.4) is 0 Å². The van der Waals surface area contributed by atoms with Crippen molar-refractivity contribution in [2.75, 3.05) is 26.7 Å². The molecule has 3 nitrogen and oxygen atoms in total. The first-order valence-electron chi connectivity index (χ1n) is 6.07. The Morgan fingerprint density at radius 3 is 2.93 bits per heavy atom. The molecule has 2 aliphatic rings. The first-order valence-corrected chi connectivity index (χ1v) is 6.07. The van der Waals surface area contributed by atoms with Gasteiger partial charge >= 0.3 is 0 Å². The van der Waals surface area contributed by atoms with Gasteiger partial charge in [0.1, 0.15) is 6.10 Å². The molecule has 15 heavy (non-hydrogen) atoms. The topological polar surface area (TPSA) is 24.5 Å². The predicted molar refractivity (Wildman–Crippen MR) is 61.8 cm³/mol. The van der Waals surface area contributed by atoms with Crippen molar-refractivity contribution in [3.8, 4) is 0 Å². The molecule has 2 rings (SSSR count). The van der Waals surface area contributed by atoms with Crippen LogP contribution in [-0.4, -0.2) is 43.7 Å². The maximum atomic E-state index is 5.49. The van der Waals surface area contributed by atoms with Gasteiger partial charge in [-0.3, -0.25) is 0 Å². The zero-order valence-corrected chi connectivity index (χ0v) is 9.61. The van der Waals surface area contributed by atoms with Gasteiger partial charge < -0.3 is 15.0 Å². The lowest BCUT2D eigenvalue weighted by atomic mass is 10.1. The molecule has 1 N–H and O–H groups in total. The summed E-state index contributed by atoms with van der Waals surface area (Å²) in [5.74, 6) is 0. The van der Waals surface area contributed by atoms with E-state index in [1.807, 2.05) is 6.26 Å². The number of nitrogens with one attached hydrogen (secondary N) is 1. The Bertz CT molecular complexity index is 214. The van der Waals surface area contributed by atoms with Crippen LogP contribution in [0.15, 0.2) is 12.3 Å². The minimum absolute atomic E-state index is 0.390. The smallest absolute Gasteiger partial charge is 0.110 e. The molecule has 3 heteroatoms. The van der Waals surface area contributed by atoms with E-state index in [2.05, 4.69) is 23.3 Å². The van der Waals surface area contributed by atoms with E-state index in [1.165, 1.54) is 12.8 Å². The van der Waals surface area contributed by atoms with Crippen LogP contribution in [0.5, 0.6) is 0 Å². The summed E-state index contributed by atoms with van der Waals surface area (Å²) in [6.07, 6.45) is 9.43. The number of likely N-dealkylation sites (N-methyl/N-ethyl adjacent to an activating group) is 1. The monoisotopic (exact) mass is 210 g/mol. The van der Waals surface area contributed by atoms with Crippen molar-refractivity contribution in [3.63, 3.8) is 0 Å². The van der Waals surface area contributed by atoms with E-state index in [4.69, 9.17) is 4.74 Å². The molecule has 1 aliphatic heterocycles.